The maximum absolute atomic E-state index is 3.56. The minimum absolute atomic E-state index is 0.623. The summed E-state index contributed by atoms with van der Waals surface area (Å²) in [6.07, 6.45) is 3.52. The molecule has 0 spiro atoms. The number of hydrogen-bond donors (Lipinski definition) is 0. The van der Waals surface area contributed by atoms with Crippen molar-refractivity contribution in [2.45, 2.75) is 37.9 Å². The minimum atomic E-state index is 0.623. The molecule has 0 amide bonds. The molecule has 0 saturated carbocycles. The van der Waals surface area contributed by atoms with E-state index in [4.69, 9.17) is 0 Å². The molecule has 0 heterocycles. The molecule has 0 aliphatic heterocycles. The zero-order valence-electron chi connectivity index (χ0n) is 8.39. The van der Waals surface area contributed by atoms with E-state index in [2.05, 4.69) is 54.0 Å². The maximum atomic E-state index is 3.56. The van der Waals surface area contributed by atoms with Gasteiger partial charge in [-0.15, -0.1) is 0 Å². The Kier molecular flexibility index (Phi) is 4.51. The Balaban J connectivity index is 2.49. The summed E-state index contributed by atoms with van der Waals surface area (Å²) in [5, 5.41) is 0. The highest BCUT2D eigenvalue weighted by Crippen LogP contribution is 2.11. The van der Waals surface area contributed by atoms with Crippen molar-refractivity contribution in [2.24, 2.45) is 0 Å². The van der Waals surface area contributed by atoms with Gasteiger partial charge in [0.2, 0.25) is 0 Å². The van der Waals surface area contributed by atoms with E-state index in [0.29, 0.717) is 4.83 Å². The Hall–Kier alpha value is -0.300. The Morgan fingerprint density at radius 2 is 1.69 bits per heavy atom. The molecule has 0 aliphatic carbocycles. The summed E-state index contributed by atoms with van der Waals surface area (Å²) >= 11 is 3.56. The predicted molar refractivity (Wildman–Crippen MR) is 62.5 cm³/mol. The lowest BCUT2D eigenvalue weighted by Gasteiger charge is -2.04. The average molecular weight is 241 g/mol. The number of hydrogen-bond acceptors (Lipinski definition) is 0. The summed E-state index contributed by atoms with van der Waals surface area (Å²) in [5.41, 5.74) is 2.87. The van der Waals surface area contributed by atoms with Crippen molar-refractivity contribution in [2.75, 3.05) is 0 Å². The Morgan fingerprint density at radius 1 is 1.15 bits per heavy atom. The highest BCUT2D eigenvalue weighted by molar-refractivity contribution is 9.09. The van der Waals surface area contributed by atoms with Crippen LogP contribution in [0.3, 0.4) is 0 Å². The van der Waals surface area contributed by atoms with Crippen LogP contribution in [0.4, 0.5) is 0 Å². The molecule has 0 aliphatic rings. The predicted octanol–water partition coefficient (Wildman–Crippen LogP) is 3.97. The molecular weight excluding hydrogens is 224 g/mol. The lowest BCUT2D eigenvalue weighted by molar-refractivity contribution is 0.821. The van der Waals surface area contributed by atoms with Crippen LogP contribution in [0.25, 0.3) is 0 Å². The van der Waals surface area contributed by atoms with Crippen LogP contribution < -0.4 is 0 Å². The van der Waals surface area contributed by atoms with Crippen molar-refractivity contribution in [3.05, 3.63) is 35.4 Å². The second-order valence-electron chi connectivity index (χ2n) is 3.49. The molecule has 0 radical (unpaired) electrons. The van der Waals surface area contributed by atoms with Gasteiger partial charge in [-0.25, -0.2) is 0 Å². The summed E-state index contributed by atoms with van der Waals surface area (Å²) < 4.78 is 0. The van der Waals surface area contributed by atoms with Gasteiger partial charge in [0, 0.05) is 4.83 Å². The fraction of sp³-hybridized carbons (Fsp3) is 0.500. The van der Waals surface area contributed by atoms with Gasteiger partial charge in [0.15, 0.2) is 0 Å². The Bertz CT molecular complexity index is 236. The van der Waals surface area contributed by atoms with Gasteiger partial charge in [-0.05, 0) is 30.4 Å². The zero-order chi connectivity index (χ0) is 9.68. The van der Waals surface area contributed by atoms with Crippen molar-refractivity contribution in [1.82, 2.24) is 0 Å². The van der Waals surface area contributed by atoms with Crippen molar-refractivity contribution >= 4 is 15.9 Å². The third kappa shape index (κ3) is 3.95. The van der Waals surface area contributed by atoms with E-state index in [1.54, 1.807) is 0 Å². The van der Waals surface area contributed by atoms with E-state index in [1.807, 2.05) is 0 Å². The fourth-order valence-corrected chi connectivity index (χ4v) is 1.54. The molecule has 0 nitrogen and oxygen atoms in total. The second kappa shape index (κ2) is 5.43. The van der Waals surface area contributed by atoms with Crippen LogP contribution in [-0.2, 0) is 12.8 Å². The van der Waals surface area contributed by atoms with E-state index in [1.165, 1.54) is 24.0 Å². The summed E-state index contributed by atoms with van der Waals surface area (Å²) in [5.74, 6) is 0. The first-order valence-electron chi connectivity index (χ1n) is 4.94. The molecule has 0 fully saturated rings. The highest BCUT2D eigenvalue weighted by Gasteiger charge is 1.97. The standard InChI is InChI=1S/C12H17Br/c1-3-11-6-8-12(9-7-11)5-4-10(2)13/h6-10H,3-5H2,1-2H3. The SMILES string of the molecule is CCc1ccc(CCC(C)Br)cc1. The van der Waals surface area contributed by atoms with Crippen LogP contribution in [0.2, 0.25) is 0 Å². The molecule has 1 rings (SSSR count). The molecule has 0 aromatic heterocycles. The van der Waals surface area contributed by atoms with Crippen LogP contribution in [0, 0.1) is 0 Å². The second-order valence-corrected chi connectivity index (χ2v) is 5.05. The van der Waals surface area contributed by atoms with Gasteiger partial charge in [0.05, 0.1) is 0 Å². The third-order valence-corrected chi connectivity index (χ3v) is 2.72. The van der Waals surface area contributed by atoms with Crippen LogP contribution in [-0.4, -0.2) is 4.83 Å². The lowest BCUT2D eigenvalue weighted by Crippen LogP contribution is -1.94. The number of halogens is 1. The van der Waals surface area contributed by atoms with Gasteiger partial charge in [0.1, 0.15) is 0 Å². The van der Waals surface area contributed by atoms with Crippen molar-refractivity contribution in [3.63, 3.8) is 0 Å². The van der Waals surface area contributed by atoms with Crippen LogP contribution in [0.5, 0.6) is 0 Å². The molecule has 1 unspecified atom stereocenters. The molecule has 1 heteroatoms. The van der Waals surface area contributed by atoms with Gasteiger partial charge < -0.3 is 0 Å². The Morgan fingerprint density at radius 3 is 2.15 bits per heavy atom. The zero-order valence-corrected chi connectivity index (χ0v) is 9.97. The highest BCUT2D eigenvalue weighted by atomic mass is 79.9. The molecule has 0 saturated heterocycles. The number of benzene rings is 1. The van der Waals surface area contributed by atoms with E-state index in [-0.39, 0.29) is 0 Å². The number of rotatable bonds is 4. The molecule has 1 atom stereocenters. The first kappa shape index (κ1) is 10.8. The quantitative estimate of drug-likeness (QED) is 0.700. The smallest absolute Gasteiger partial charge is 0.0120 e. The fourth-order valence-electron chi connectivity index (χ4n) is 1.31. The first-order chi connectivity index (χ1) is 6.22. The van der Waals surface area contributed by atoms with Crippen LogP contribution in [0.15, 0.2) is 24.3 Å². The normalized spacial score (nSPS) is 12.8. The average Bonchev–Trinajstić information content (AvgIpc) is 2.15. The number of aryl methyl sites for hydroxylation is 2. The third-order valence-electron chi connectivity index (χ3n) is 2.26. The minimum Gasteiger partial charge on any atom is -0.0894 e. The maximum Gasteiger partial charge on any atom is 0.0120 e. The topological polar surface area (TPSA) is 0 Å². The van der Waals surface area contributed by atoms with E-state index >= 15 is 0 Å². The van der Waals surface area contributed by atoms with Gasteiger partial charge >= 0.3 is 0 Å². The van der Waals surface area contributed by atoms with Crippen molar-refractivity contribution in [3.8, 4) is 0 Å². The van der Waals surface area contributed by atoms with E-state index < -0.39 is 0 Å². The molecule has 13 heavy (non-hydrogen) atoms. The molecule has 1 aromatic rings. The van der Waals surface area contributed by atoms with Crippen molar-refractivity contribution < 1.29 is 0 Å². The van der Waals surface area contributed by atoms with Crippen LogP contribution in [0.1, 0.15) is 31.4 Å². The van der Waals surface area contributed by atoms with Gasteiger partial charge in [-0.2, -0.15) is 0 Å². The van der Waals surface area contributed by atoms with Gasteiger partial charge in [-0.3, -0.25) is 0 Å². The first-order valence-corrected chi connectivity index (χ1v) is 5.86. The summed E-state index contributed by atoms with van der Waals surface area (Å²) in [4.78, 5) is 0.623. The van der Waals surface area contributed by atoms with Gasteiger partial charge in [0.25, 0.3) is 0 Å². The van der Waals surface area contributed by atoms with E-state index in [0.717, 1.165) is 6.42 Å². The molecule has 72 valence electrons. The molecular formula is C12H17Br. The monoisotopic (exact) mass is 240 g/mol. The van der Waals surface area contributed by atoms with Crippen molar-refractivity contribution in [1.29, 1.82) is 0 Å². The summed E-state index contributed by atoms with van der Waals surface area (Å²) in [6.45, 7) is 4.38. The van der Waals surface area contributed by atoms with E-state index in [9.17, 15) is 0 Å². The molecule has 1 aromatic carbocycles. The largest absolute Gasteiger partial charge is 0.0894 e. The van der Waals surface area contributed by atoms with Crippen LogP contribution >= 0.6 is 15.9 Å². The number of alkyl halides is 1. The molecule has 0 bridgehead atoms. The summed E-state index contributed by atoms with van der Waals surface area (Å²) in [7, 11) is 0. The summed E-state index contributed by atoms with van der Waals surface area (Å²) in [6, 6.07) is 8.95. The Labute approximate surface area is 89.5 Å². The van der Waals surface area contributed by atoms with Gasteiger partial charge in [-0.1, -0.05) is 54.0 Å². The molecule has 0 N–H and O–H groups in total. The lowest BCUT2D eigenvalue weighted by atomic mass is 10.1.